The Kier molecular flexibility index (Phi) is 4.21. The second kappa shape index (κ2) is 5.31. The summed E-state index contributed by atoms with van der Waals surface area (Å²) in [7, 11) is -2.46. The minimum atomic E-state index is -3.72. The third-order valence-corrected chi connectivity index (χ3v) is 7.73. The van der Waals surface area contributed by atoms with E-state index >= 15 is 0 Å². The monoisotopic (exact) mass is 395 g/mol. The molecule has 2 aliphatic rings. The molecule has 2 aliphatic heterocycles. The molecule has 0 bridgehead atoms. The van der Waals surface area contributed by atoms with E-state index in [1.807, 2.05) is 0 Å². The van der Waals surface area contributed by atoms with Crippen LogP contribution in [0.15, 0.2) is 11.3 Å². The third kappa shape index (κ3) is 2.48. The van der Waals surface area contributed by atoms with Crippen LogP contribution in [-0.2, 0) is 28.9 Å². The zero-order valence-corrected chi connectivity index (χ0v) is 15.3. The van der Waals surface area contributed by atoms with Crippen LogP contribution < -0.4 is 0 Å². The summed E-state index contributed by atoms with van der Waals surface area (Å²) in [4.78, 5) is 25.5. The first-order valence-electron chi connectivity index (χ1n) is 6.60. The fourth-order valence-corrected chi connectivity index (χ4v) is 5.27. The molecule has 0 aromatic rings. The quantitative estimate of drug-likeness (QED) is 0.392. The number of esters is 1. The molecular formula is C13H18BrNO6S. The Bertz CT molecular complexity index is 663. The lowest BCUT2D eigenvalue weighted by Gasteiger charge is -2.49. The Labute approximate surface area is 137 Å². The predicted octanol–water partition coefficient (Wildman–Crippen LogP) is 0.935. The average molecular weight is 396 g/mol. The van der Waals surface area contributed by atoms with Crippen molar-refractivity contribution in [2.24, 2.45) is 0 Å². The number of carbonyl (C=O) groups excluding carboxylic acids is 2. The molecule has 124 valence electrons. The van der Waals surface area contributed by atoms with Crippen molar-refractivity contribution in [2.45, 2.75) is 48.9 Å². The number of sulfone groups is 1. The molecule has 22 heavy (non-hydrogen) atoms. The van der Waals surface area contributed by atoms with E-state index in [9.17, 15) is 18.0 Å². The summed E-state index contributed by atoms with van der Waals surface area (Å²) < 4.78 is 34.1. The molecule has 2 rings (SSSR count). The third-order valence-electron chi connectivity index (χ3n) is 3.42. The predicted molar refractivity (Wildman–Crippen MR) is 81.6 cm³/mol. The number of amides is 1. The Hall–Kier alpha value is -0.930. The lowest BCUT2D eigenvalue weighted by molar-refractivity contribution is -0.167. The lowest BCUT2D eigenvalue weighted by Crippen LogP contribution is -2.71. The van der Waals surface area contributed by atoms with Crippen LogP contribution in [-0.4, -0.2) is 53.5 Å². The number of hydrogen-bond acceptors (Lipinski definition) is 6. The van der Waals surface area contributed by atoms with Gasteiger partial charge in [0.05, 0.1) is 0 Å². The van der Waals surface area contributed by atoms with Crippen LogP contribution in [0.1, 0.15) is 27.7 Å². The second-order valence-corrected chi connectivity index (χ2v) is 9.85. The average Bonchev–Trinajstić information content (AvgIpc) is 2.36. The Morgan fingerprint density at radius 1 is 1.32 bits per heavy atom. The number of fused-ring (bicyclic) bond motifs is 1. The van der Waals surface area contributed by atoms with Crippen molar-refractivity contribution >= 4 is 37.6 Å². The summed E-state index contributed by atoms with van der Waals surface area (Å²) in [5, 5.41) is -1.21. The molecule has 0 N–H and O–H groups in total. The van der Waals surface area contributed by atoms with E-state index in [4.69, 9.17) is 9.47 Å². The highest BCUT2D eigenvalue weighted by molar-refractivity contribution is 9.11. The largest absolute Gasteiger partial charge is 0.455 e. The van der Waals surface area contributed by atoms with Crippen LogP contribution in [0, 0.1) is 0 Å². The lowest BCUT2D eigenvalue weighted by atomic mass is 10.1. The van der Waals surface area contributed by atoms with Crippen LogP contribution in [0.3, 0.4) is 0 Å². The summed E-state index contributed by atoms with van der Waals surface area (Å²) in [6.45, 7) is 6.57. The number of methoxy groups -OCH3 is 1. The minimum Gasteiger partial charge on any atom is -0.455 e. The van der Waals surface area contributed by atoms with Crippen molar-refractivity contribution < 1.29 is 27.5 Å². The van der Waals surface area contributed by atoms with E-state index in [1.165, 1.54) is 14.0 Å². The molecule has 0 aromatic heterocycles. The molecule has 0 radical (unpaired) electrons. The van der Waals surface area contributed by atoms with Gasteiger partial charge in [-0.25, -0.2) is 13.2 Å². The molecule has 1 fully saturated rings. The molecule has 3 unspecified atom stereocenters. The van der Waals surface area contributed by atoms with Gasteiger partial charge in [-0.1, -0.05) is 15.9 Å². The molecule has 7 nitrogen and oxygen atoms in total. The summed E-state index contributed by atoms with van der Waals surface area (Å²) in [6, 6.07) is 0. The van der Waals surface area contributed by atoms with Gasteiger partial charge in [-0.05, 0) is 33.3 Å². The molecule has 1 saturated heterocycles. The van der Waals surface area contributed by atoms with Crippen molar-refractivity contribution in [3.05, 3.63) is 11.3 Å². The summed E-state index contributed by atoms with van der Waals surface area (Å²) in [5.41, 5.74) is -0.560. The normalized spacial score (nSPS) is 30.7. The maximum absolute atomic E-state index is 12.4. The summed E-state index contributed by atoms with van der Waals surface area (Å²) in [5.74, 6) is -1.28. The van der Waals surface area contributed by atoms with E-state index in [0.717, 1.165) is 4.90 Å². The first-order valence-corrected chi connectivity index (χ1v) is 9.12. The van der Waals surface area contributed by atoms with Crippen molar-refractivity contribution in [1.82, 2.24) is 4.90 Å². The fourth-order valence-electron chi connectivity index (χ4n) is 2.46. The van der Waals surface area contributed by atoms with Crippen molar-refractivity contribution in [3.63, 3.8) is 0 Å². The Morgan fingerprint density at radius 2 is 1.86 bits per heavy atom. The number of halogens is 1. The molecule has 0 saturated carbocycles. The highest BCUT2D eigenvalue weighted by atomic mass is 79.9. The van der Waals surface area contributed by atoms with E-state index in [1.54, 1.807) is 20.8 Å². The number of β-lactam (4-membered cyclic amide) rings is 1. The highest BCUT2D eigenvalue weighted by Gasteiger charge is 2.62. The van der Waals surface area contributed by atoms with Crippen LogP contribution >= 0.6 is 15.9 Å². The van der Waals surface area contributed by atoms with Gasteiger partial charge in [0.1, 0.15) is 15.5 Å². The van der Waals surface area contributed by atoms with Gasteiger partial charge in [-0.3, -0.25) is 9.69 Å². The van der Waals surface area contributed by atoms with Crippen LogP contribution in [0.2, 0.25) is 0 Å². The van der Waals surface area contributed by atoms with E-state index in [2.05, 4.69) is 15.9 Å². The number of hydrogen-bond donors (Lipinski definition) is 0. The van der Waals surface area contributed by atoms with Crippen molar-refractivity contribution in [3.8, 4) is 0 Å². The number of alkyl halides is 1. The standard InChI is InChI=1S/C13H18BrNO6S/c1-6-7(12(17)21-13(2,3)4)15-10(16)8(20-5)11(15)22(18,19)9(6)14/h8-9,11H,1-5H3. The first kappa shape index (κ1) is 17.4. The van der Waals surface area contributed by atoms with E-state index < -0.39 is 43.0 Å². The van der Waals surface area contributed by atoms with Gasteiger partial charge in [0.25, 0.3) is 5.91 Å². The topological polar surface area (TPSA) is 90.0 Å². The zero-order chi connectivity index (χ0) is 17.0. The molecule has 3 atom stereocenters. The van der Waals surface area contributed by atoms with Gasteiger partial charge in [0, 0.05) is 7.11 Å². The van der Waals surface area contributed by atoms with Crippen LogP contribution in [0.5, 0.6) is 0 Å². The van der Waals surface area contributed by atoms with Gasteiger partial charge >= 0.3 is 5.97 Å². The van der Waals surface area contributed by atoms with Crippen LogP contribution in [0.25, 0.3) is 0 Å². The number of rotatable bonds is 2. The second-order valence-electron chi connectivity index (χ2n) is 6.19. The van der Waals surface area contributed by atoms with E-state index in [0.29, 0.717) is 0 Å². The molecule has 0 spiro atoms. The van der Waals surface area contributed by atoms with Gasteiger partial charge in [-0.2, -0.15) is 0 Å². The van der Waals surface area contributed by atoms with Crippen molar-refractivity contribution in [2.75, 3.05) is 7.11 Å². The number of ether oxygens (including phenoxy) is 2. The molecule has 9 heteroatoms. The smallest absolute Gasteiger partial charge is 0.355 e. The molecule has 1 amide bonds. The highest BCUT2D eigenvalue weighted by Crippen LogP contribution is 2.43. The molecule has 0 aromatic carbocycles. The van der Waals surface area contributed by atoms with Gasteiger partial charge in [-0.15, -0.1) is 0 Å². The SMILES string of the molecule is COC1C(=O)N2C(C(=O)OC(C)(C)C)=C(C)C(Br)S(=O)(=O)C12. The van der Waals surface area contributed by atoms with E-state index in [-0.39, 0.29) is 11.3 Å². The Balaban J connectivity index is 2.51. The van der Waals surface area contributed by atoms with Crippen LogP contribution in [0.4, 0.5) is 0 Å². The van der Waals surface area contributed by atoms with Gasteiger partial charge in [0.2, 0.25) is 0 Å². The summed E-state index contributed by atoms with van der Waals surface area (Å²) >= 11 is 3.09. The number of nitrogens with zero attached hydrogens (tertiary/aromatic N) is 1. The minimum absolute atomic E-state index is 0.0325. The first-order chi connectivity index (χ1) is 9.93. The summed E-state index contributed by atoms with van der Waals surface area (Å²) in [6.07, 6.45) is -1.10. The van der Waals surface area contributed by atoms with Gasteiger partial charge in [0.15, 0.2) is 21.3 Å². The number of carbonyl (C=O) groups is 2. The Morgan fingerprint density at radius 3 is 2.32 bits per heavy atom. The fraction of sp³-hybridized carbons (Fsp3) is 0.692. The van der Waals surface area contributed by atoms with Crippen molar-refractivity contribution in [1.29, 1.82) is 0 Å². The molecule has 0 aliphatic carbocycles. The molecular weight excluding hydrogens is 378 g/mol. The molecule has 2 heterocycles. The maximum Gasteiger partial charge on any atom is 0.355 e. The van der Waals surface area contributed by atoms with Gasteiger partial charge < -0.3 is 9.47 Å². The zero-order valence-electron chi connectivity index (χ0n) is 12.9. The maximum atomic E-state index is 12.4.